The first-order valence-electron chi connectivity index (χ1n) is 5.12. The number of halogens is 1. The number of anilines is 1. The highest BCUT2D eigenvalue weighted by atomic mass is 127. The van der Waals surface area contributed by atoms with Crippen LogP contribution >= 0.6 is 22.6 Å². The van der Waals surface area contributed by atoms with Crippen molar-refractivity contribution in [3.63, 3.8) is 0 Å². The van der Waals surface area contributed by atoms with E-state index >= 15 is 0 Å². The Morgan fingerprint density at radius 2 is 1.94 bits per heavy atom. The van der Waals surface area contributed by atoms with Crippen molar-refractivity contribution in [1.82, 2.24) is 9.97 Å². The summed E-state index contributed by atoms with van der Waals surface area (Å²) >= 11 is 2.12. The van der Waals surface area contributed by atoms with Crippen LogP contribution in [0.4, 0.5) is 5.69 Å². The largest absolute Gasteiger partial charge is 0.467 e. The van der Waals surface area contributed by atoms with Gasteiger partial charge >= 0.3 is 6.01 Å². The Bertz CT molecular complexity index is 558. The van der Waals surface area contributed by atoms with Gasteiger partial charge in [0.25, 0.3) is 5.91 Å². The van der Waals surface area contributed by atoms with E-state index in [1.165, 1.54) is 19.5 Å². The number of hydrogen-bond donors (Lipinski definition) is 1. The average Bonchev–Trinajstić information content (AvgIpc) is 2.40. The first-order valence-corrected chi connectivity index (χ1v) is 6.20. The monoisotopic (exact) mass is 355 g/mol. The minimum atomic E-state index is -0.186. The van der Waals surface area contributed by atoms with Crippen LogP contribution < -0.4 is 10.1 Å². The number of aromatic nitrogens is 2. The van der Waals surface area contributed by atoms with E-state index in [0.29, 0.717) is 11.3 Å². The third-order valence-electron chi connectivity index (χ3n) is 2.19. The fourth-order valence-electron chi connectivity index (χ4n) is 1.33. The first-order chi connectivity index (χ1) is 8.70. The Balaban J connectivity index is 2.14. The summed E-state index contributed by atoms with van der Waals surface area (Å²) in [5, 5.41) is 2.73. The fourth-order valence-corrected chi connectivity index (χ4v) is 1.96. The highest BCUT2D eigenvalue weighted by Crippen LogP contribution is 2.14. The van der Waals surface area contributed by atoms with Crippen molar-refractivity contribution in [2.24, 2.45) is 0 Å². The number of methoxy groups -OCH3 is 1. The van der Waals surface area contributed by atoms with E-state index in [9.17, 15) is 4.79 Å². The Morgan fingerprint density at radius 3 is 2.56 bits per heavy atom. The number of ether oxygens (including phenoxy) is 1. The fraction of sp³-hybridized carbons (Fsp3) is 0.0833. The lowest BCUT2D eigenvalue weighted by atomic mass is 10.2. The highest BCUT2D eigenvalue weighted by Gasteiger charge is 2.09. The summed E-state index contributed by atoms with van der Waals surface area (Å²) in [5.41, 5.74) is 1.15. The van der Waals surface area contributed by atoms with Crippen LogP contribution in [-0.4, -0.2) is 23.0 Å². The molecule has 1 amide bonds. The molecule has 18 heavy (non-hydrogen) atoms. The second-order valence-electron chi connectivity index (χ2n) is 3.39. The van der Waals surface area contributed by atoms with Gasteiger partial charge < -0.3 is 10.1 Å². The van der Waals surface area contributed by atoms with Crippen LogP contribution in [0.3, 0.4) is 0 Å². The van der Waals surface area contributed by atoms with Crippen molar-refractivity contribution in [2.45, 2.75) is 0 Å². The molecule has 0 spiro atoms. The number of nitrogens with zero attached hydrogens (tertiary/aromatic N) is 2. The van der Waals surface area contributed by atoms with Gasteiger partial charge in [-0.25, -0.2) is 9.97 Å². The molecule has 2 aromatic rings. The minimum absolute atomic E-state index is 0.186. The van der Waals surface area contributed by atoms with E-state index < -0.39 is 0 Å². The van der Waals surface area contributed by atoms with Crippen LogP contribution in [0.25, 0.3) is 0 Å². The molecule has 0 radical (unpaired) electrons. The molecule has 1 heterocycles. The predicted octanol–water partition coefficient (Wildman–Crippen LogP) is 2.34. The lowest BCUT2D eigenvalue weighted by molar-refractivity contribution is 0.102. The second-order valence-corrected chi connectivity index (χ2v) is 4.55. The molecular weight excluding hydrogens is 345 g/mol. The van der Waals surface area contributed by atoms with Gasteiger partial charge in [-0.05, 0) is 34.7 Å². The molecule has 92 valence electrons. The Hall–Kier alpha value is -1.70. The van der Waals surface area contributed by atoms with E-state index in [2.05, 4.69) is 37.9 Å². The Labute approximate surface area is 118 Å². The molecule has 0 aliphatic heterocycles. The normalized spacial score (nSPS) is 9.89. The zero-order valence-electron chi connectivity index (χ0n) is 9.55. The molecule has 0 saturated carbocycles. The van der Waals surface area contributed by atoms with Gasteiger partial charge in [0.15, 0.2) is 0 Å². The second kappa shape index (κ2) is 5.76. The lowest BCUT2D eigenvalue weighted by Crippen LogP contribution is -2.13. The van der Waals surface area contributed by atoms with Crippen molar-refractivity contribution >= 4 is 34.2 Å². The van der Waals surface area contributed by atoms with E-state index in [-0.39, 0.29) is 11.9 Å². The molecule has 0 aliphatic carbocycles. The lowest BCUT2D eigenvalue weighted by Gasteiger charge is -2.06. The summed E-state index contributed by atoms with van der Waals surface area (Å²) in [4.78, 5) is 19.8. The summed E-state index contributed by atoms with van der Waals surface area (Å²) in [6, 6.07) is 7.61. The quantitative estimate of drug-likeness (QED) is 0.859. The number of amides is 1. The van der Waals surface area contributed by atoms with Gasteiger partial charge in [0.05, 0.1) is 30.8 Å². The summed E-state index contributed by atoms with van der Waals surface area (Å²) in [5.74, 6) is -0.186. The molecule has 1 aromatic heterocycles. The number of carbonyl (C=O) groups excluding carboxylic acids is 1. The van der Waals surface area contributed by atoms with Crippen LogP contribution in [0.15, 0.2) is 36.7 Å². The number of rotatable bonds is 3. The summed E-state index contributed by atoms with van der Waals surface area (Å²) in [6.45, 7) is 0. The third kappa shape index (κ3) is 2.95. The van der Waals surface area contributed by atoms with Crippen LogP contribution in [-0.2, 0) is 0 Å². The average molecular weight is 355 g/mol. The maximum absolute atomic E-state index is 12.0. The van der Waals surface area contributed by atoms with Crippen LogP contribution in [0, 0.1) is 3.57 Å². The Kier molecular flexibility index (Phi) is 4.08. The summed E-state index contributed by atoms with van der Waals surface area (Å²) < 4.78 is 5.73. The molecular formula is C12H10IN3O2. The van der Waals surface area contributed by atoms with Gasteiger partial charge in [-0.15, -0.1) is 0 Å². The molecule has 6 heteroatoms. The van der Waals surface area contributed by atoms with Crippen molar-refractivity contribution in [3.8, 4) is 6.01 Å². The van der Waals surface area contributed by atoms with Crippen LogP contribution in [0.5, 0.6) is 6.01 Å². The van der Waals surface area contributed by atoms with Gasteiger partial charge in [0.1, 0.15) is 0 Å². The zero-order valence-corrected chi connectivity index (χ0v) is 11.7. The molecule has 0 unspecified atom stereocenters. The minimum Gasteiger partial charge on any atom is -0.467 e. The van der Waals surface area contributed by atoms with Crippen LogP contribution in [0.1, 0.15) is 10.4 Å². The van der Waals surface area contributed by atoms with Gasteiger partial charge in [-0.2, -0.15) is 0 Å². The molecule has 0 aliphatic rings. The maximum atomic E-state index is 12.0. The summed E-state index contributed by atoms with van der Waals surface area (Å²) in [7, 11) is 1.49. The van der Waals surface area contributed by atoms with Crippen molar-refractivity contribution in [3.05, 3.63) is 45.8 Å². The van der Waals surface area contributed by atoms with Crippen LogP contribution in [0.2, 0.25) is 0 Å². The van der Waals surface area contributed by atoms with Gasteiger partial charge in [-0.1, -0.05) is 12.1 Å². The third-order valence-corrected chi connectivity index (χ3v) is 3.13. The van der Waals surface area contributed by atoms with E-state index in [1.54, 1.807) is 6.07 Å². The predicted molar refractivity (Wildman–Crippen MR) is 75.7 cm³/mol. The molecule has 0 saturated heterocycles. The standard InChI is InChI=1S/C12H10IN3O2/c1-18-12-14-6-8(7-15-12)16-11(17)9-4-2-3-5-10(9)13/h2-7H,1H3,(H,16,17). The summed E-state index contributed by atoms with van der Waals surface area (Å²) in [6.07, 6.45) is 3.00. The van der Waals surface area contributed by atoms with Crippen molar-refractivity contribution < 1.29 is 9.53 Å². The zero-order chi connectivity index (χ0) is 13.0. The van der Waals surface area contributed by atoms with Gasteiger partial charge in [-0.3, -0.25) is 4.79 Å². The first kappa shape index (κ1) is 12.7. The Morgan fingerprint density at radius 1 is 1.28 bits per heavy atom. The van der Waals surface area contributed by atoms with Crippen molar-refractivity contribution in [1.29, 1.82) is 0 Å². The molecule has 1 N–H and O–H groups in total. The molecule has 2 rings (SSSR count). The number of carbonyl (C=O) groups is 1. The topological polar surface area (TPSA) is 64.1 Å². The molecule has 5 nitrogen and oxygen atoms in total. The molecule has 0 fully saturated rings. The van der Waals surface area contributed by atoms with Gasteiger partial charge in [0.2, 0.25) is 0 Å². The molecule has 0 atom stereocenters. The molecule has 1 aromatic carbocycles. The number of hydrogen-bond acceptors (Lipinski definition) is 4. The SMILES string of the molecule is COc1ncc(NC(=O)c2ccccc2I)cn1. The number of nitrogens with one attached hydrogen (secondary N) is 1. The maximum Gasteiger partial charge on any atom is 0.316 e. The smallest absolute Gasteiger partial charge is 0.316 e. The van der Waals surface area contributed by atoms with Crippen molar-refractivity contribution in [2.75, 3.05) is 12.4 Å². The van der Waals surface area contributed by atoms with E-state index in [4.69, 9.17) is 4.74 Å². The molecule has 0 bridgehead atoms. The number of benzene rings is 1. The highest BCUT2D eigenvalue weighted by molar-refractivity contribution is 14.1. The van der Waals surface area contributed by atoms with Gasteiger partial charge in [0, 0.05) is 3.57 Å². The van der Waals surface area contributed by atoms with E-state index in [0.717, 1.165) is 3.57 Å². The van der Waals surface area contributed by atoms with E-state index in [1.807, 2.05) is 18.2 Å².